The lowest BCUT2D eigenvalue weighted by atomic mass is 9.88. The van der Waals surface area contributed by atoms with Crippen molar-refractivity contribution in [2.75, 3.05) is 0 Å². The molecule has 0 aromatic heterocycles. The Kier molecular flexibility index (Phi) is 4.96. The van der Waals surface area contributed by atoms with E-state index in [2.05, 4.69) is 13.8 Å². The average molecular weight is 300 g/mol. The molecule has 3 heteroatoms. The van der Waals surface area contributed by atoms with E-state index in [0.717, 1.165) is 12.0 Å². The number of aliphatic carboxylic acids is 1. The number of carbonyl (C=O) groups is 1. The first-order chi connectivity index (χ1) is 10.4. The maximum absolute atomic E-state index is 15.1. The number of hydrogen-bond donors (Lipinski definition) is 1. The second-order valence-corrected chi connectivity index (χ2v) is 6.06. The van der Waals surface area contributed by atoms with Gasteiger partial charge in [0.2, 0.25) is 5.67 Å². The molecule has 1 N–H and O–H groups in total. The van der Waals surface area contributed by atoms with Gasteiger partial charge >= 0.3 is 5.97 Å². The minimum absolute atomic E-state index is 0.174. The molecule has 0 fully saturated rings. The van der Waals surface area contributed by atoms with Crippen LogP contribution in [0.25, 0.3) is 0 Å². The highest BCUT2D eigenvalue weighted by molar-refractivity contribution is 5.79. The van der Waals surface area contributed by atoms with Gasteiger partial charge in [0.05, 0.1) is 0 Å². The molecule has 2 rings (SSSR count). The summed E-state index contributed by atoms with van der Waals surface area (Å²) in [6.07, 6.45) is 0.720. The van der Waals surface area contributed by atoms with Crippen LogP contribution in [0.4, 0.5) is 4.39 Å². The highest BCUT2D eigenvalue weighted by Crippen LogP contribution is 2.31. The molecular formula is C19H21FO2. The Morgan fingerprint density at radius 1 is 1.05 bits per heavy atom. The van der Waals surface area contributed by atoms with Crippen molar-refractivity contribution in [2.45, 2.75) is 32.4 Å². The van der Waals surface area contributed by atoms with Crippen LogP contribution in [-0.4, -0.2) is 11.1 Å². The summed E-state index contributed by atoms with van der Waals surface area (Å²) in [5, 5.41) is 9.39. The van der Waals surface area contributed by atoms with Gasteiger partial charge in [-0.2, -0.15) is 0 Å². The first kappa shape index (κ1) is 16.2. The lowest BCUT2D eigenvalue weighted by Gasteiger charge is -2.22. The summed E-state index contributed by atoms with van der Waals surface area (Å²) in [4.78, 5) is 11.5. The molecule has 2 aromatic carbocycles. The van der Waals surface area contributed by atoms with Crippen LogP contribution in [0.15, 0.2) is 54.6 Å². The number of halogens is 1. The lowest BCUT2D eigenvalue weighted by molar-refractivity contribution is -0.151. The molecule has 0 aliphatic heterocycles. The number of benzene rings is 2. The third kappa shape index (κ3) is 3.73. The normalized spacial score (nSPS) is 13.8. The molecule has 0 bridgehead atoms. The Balaban J connectivity index is 2.29. The first-order valence-corrected chi connectivity index (χ1v) is 7.47. The van der Waals surface area contributed by atoms with E-state index in [9.17, 15) is 9.90 Å². The van der Waals surface area contributed by atoms with Crippen LogP contribution < -0.4 is 0 Å². The van der Waals surface area contributed by atoms with Crippen molar-refractivity contribution in [3.8, 4) is 0 Å². The second-order valence-electron chi connectivity index (χ2n) is 6.06. The third-order valence-corrected chi connectivity index (χ3v) is 3.68. The van der Waals surface area contributed by atoms with E-state index >= 15 is 4.39 Å². The summed E-state index contributed by atoms with van der Waals surface area (Å²) in [5.41, 5.74) is -0.459. The third-order valence-electron chi connectivity index (χ3n) is 3.68. The largest absolute Gasteiger partial charge is 0.479 e. The predicted octanol–water partition coefficient (Wildman–Crippen LogP) is 4.38. The molecule has 0 spiro atoms. The number of alkyl halides is 1. The molecule has 0 aliphatic rings. The summed E-state index contributed by atoms with van der Waals surface area (Å²) in [6, 6.07) is 15.7. The molecule has 22 heavy (non-hydrogen) atoms. The van der Waals surface area contributed by atoms with Crippen molar-refractivity contribution >= 4 is 5.97 Å². The maximum Gasteiger partial charge on any atom is 0.346 e. The molecule has 0 amide bonds. The van der Waals surface area contributed by atoms with E-state index in [-0.39, 0.29) is 12.0 Å². The van der Waals surface area contributed by atoms with Crippen LogP contribution in [0.5, 0.6) is 0 Å². The van der Waals surface area contributed by atoms with Crippen LogP contribution in [0.2, 0.25) is 0 Å². The molecule has 0 aliphatic carbocycles. The highest BCUT2D eigenvalue weighted by atomic mass is 19.1. The van der Waals surface area contributed by atoms with Gasteiger partial charge in [-0.1, -0.05) is 68.4 Å². The van der Waals surface area contributed by atoms with Crippen molar-refractivity contribution in [1.29, 1.82) is 0 Å². The SMILES string of the molecule is CC(C)Cc1ccc(C(F)(Cc2ccccc2)C(=O)O)cc1. The number of hydrogen-bond acceptors (Lipinski definition) is 1. The zero-order chi connectivity index (χ0) is 16.2. The van der Waals surface area contributed by atoms with Gasteiger partial charge in [-0.05, 0) is 23.5 Å². The predicted molar refractivity (Wildman–Crippen MR) is 85.6 cm³/mol. The van der Waals surface area contributed by atoms with Gasteiger partial charge in [0.25, 0.3) is 0 Å². The van der Waals surface area contributed by atoms with Gasteiger partial charge in [-0.3, -0.25) is 0 Å². The molecule has 0 saturated carbocycles. The zero-order valence-electron chi connectivity index (χ0n) is 12.9. The second kappa shape index (κ2) is 6.73. The number of carboxylic acid groups (broad SMARTS) is 1. The number of carboxylic acids is 1. The van der Waals surface area contributed by atoms with E-state index in [1.54, 1.807) is 36.4 Å². The van der Waals surface area contributed by atoms with Crippen LogP contribution in [0, 0.1) is 5.92 Å². The van der Waals surface area contributed by atoms with Crippen LogP contribution >= 0.6 is 0 Å². The zero-order valence-corrected chi connectivity index (χ0v) is 12.9. The average Bonchev–Trinajstić information content (AvgIpc) is 2.48. The summed E-state index contributed by atoms with van der Waals surface area (Å²) < 4.78 is 15.1. The Hall–Kier alpha value is -2.16. The molecule has 0 heterocycles. The van der Waals surface area contributed by atoms with Crippen LogP contribution in [-0.2, 0) is 23.3 Å². The van der Waals surface area contributed by atoms with Gasteiger partial charge in [-0.25, -0.2) is 9.18 Å². The fourth-order valence-corrected chi connectivity index (χ4v) is 2.55. The minimum Gasteiger partial charge on any atom is -0.479 e. The van der Waals surface area contributed by atoms with E-state index in [1.807, 2.05) is 18.2 Å². The fourth-order valence-electron chi connectivity index (χ4n) is 2.55. The molecule has 1 atom stereocenters. The van der Waals surface area contributed by atoms with E-state index in [1.165, 1.54) is 0 Å². The molecule has 116 valence electrons. The van der Waals surface area contributed by atoms with Crippen molar-refractivity contribution in [3.05, 3.63) is 71.3 Å². The van der Waals surface area contributed by atoms with Crippen molar-refractivity contribution < 1.29 is 14.3 Å². The maximum atomic E-state index is 15.1. The molecule has 0 saturated heterocycles. The molecule has 2 aromatic rings. The Labute approximate surface area is 130 Å². The summed E-state index contributed by atoms with van der Waals surface area (Å²) >= 11 is 0. The smallest absolute Gasteiger partial charge is 0.346 e. The molecule has 1 unspecified atom stereocenters. The van der Waals surface area contributed by atoms with Gasteiger partial charge in [0.1, 0.15) is 0 Å². The molecule has 0 radical (unpaired) electrons. The summed E-state index contributed by atoms with van der Waals surface area (Å²) in [5.74, 6) is -0.947. The first-order valence-electron chi connectivity index (χ1n) is 7.47. The minimum atomic E-state index is -2.41. The van der Waals surface area contributed by atoms with Gasteiger partial charge < -0.3 is 5.11 Å². The van der Waals surface area contributed by atoms with Gasteiger partial charge in [0.15, 0.2) is 0 Å². The van der Waals surface area contributed by atoms with Crippen molar-refractivity contribution in [2.24, 2.45) is 5.92 Å². The standard InChI is InChI=1S/C19H21FO2/c1-14(2)12-15-8-10-17(11-9-15)19(20,18(21)22)13-16-6-4-3-5-7-16/h3-11,14H,12-13H2,1-2H3,(H,21,22). The van der Waals surface area contributed by atoms with Gasteiger partial charge in [-0.15, -0.1) is 0 Å². The Morgan fingerprint density at radius 3 is 2.14 bits per heavy atom. The Morgan fingerprint density at radius 2 is 1.64 bits per heavy atom. The fraction of sp³-hybridized carbons (Fsp3) is 0.316. The molecule has 2 nitrogen and oxygen atoms in total. The summed E-state index contributed by atoms with van der Waals surface area (Å²) in [6.45, 7) is 4.22. The van der Waals surface area contributed by atoms with E-state index in [0.29, 0.717) is 11.5 Å². The number of rotatable bonds is 6. The lowest BCUT2D eigenvalue weighted by Crippen LogP contribution is -2.33. The monoisotopic (exact) mass is 300 g/mol. The summed E-state index contributed by atoms with van der Waals surface area (Å²) in [7, 11) is 0. The van der Waals surface area contributed by atoms with Crippen molar-refractivity contribution in [1.82, 2.24) is 0 Å². The van der Waals surface area contributed by atoms with Crippen LogP contribution in [0.1, 0.15) is 30.5 Å². The Bertz CT molecular complexity index is 620. The topological polar surface area (TPSA) is 37.3 Å². The molecular weight excluding hydrogens is 279 g/mol. The van der Waals surface area contributed by atoms with Crippen LogP contribution in [0.3, 0.4) is 0 Å². The van der Waals surface area contributed by atoms with E-state index in [4.69, 9.17) is 0 Å². The van der Waals surface area contributed by atoms with Gasteiger partial charge in [0, 0.05) is 12.0 Å². The van der Waals surface area contributed by atoms with Crippen molar-refractivity contribution in [3.63, 3.8) is 0 Å². The highest BCUT2D eigenvalue weighted by Gasteiger charge is 2.40. The van der Waals surface area contributed by atoms with E-state index < -0.39 is 11.6 Å². The quantitative estimate of drug-likeness (QED) is 0.859.